The van der Waals surface area contributed by atoms with Gasteiger partial charge >= 0.3 is 0 Å². The van der Waals surface area contributed by atoms with Crippen molar-refractivity contribution >= 4 is 52.0 Å². The van der Waals surface area contributed by atoms with Gasteiger partial charge in [0.1, 0.15) is 5.70 Å². The van der Waals surface area contributed by atoms with Crippen LogP contribution in [0, 0.1) is 27.7 Å². The van der Waals surface area contributed by atoms with Crippen LogP contribution in [0.5, 0.6) is 0 Å². The van der Waals surface area contributed by atoms with Gasteiger partial charge in [0.15, 0.2) is 0 Å². The number of rotatable bonds is 4. The first-order valence-electron chi connectivity index (χ1n) is 10.2. The Bertz CT molecular complexity index is 1310. The summed E-state index contributed by atoms with van der Waals surface area (Å²) in [5.74, 6) is -0.824. The lowest BCUT2D eigenvalue weighted by molar-refractivity contribution is -0.120. The van der Waals surface area contributed by atoms with Crippen molar-refractivity contribution < 1.29 is 9.59 Å². The van der Waals surface area contributed by atoms with Crippen LogP contribution in [0.15, 0.2) is 60.3 Å². The van der Waals surface area contributed by atoms with E-state index >= 15 is 0 Å². The Hall–Kier alpha value is -3.08. The van der Waals surface area contributed by atoms with Crippen LogP contribution < -0.4 is 10.2 Å². The second-order valence-electron chi connectivity index (χ2n) is 8.03. The molecule has 4 rings (SSSR count). The number of imide groups is 1. The second-order valence-corrected chi connectivity index (χ2v) is 8.88. The van der Waals surface area contributed by atoms with Gasteiger partial charge in [-0.15, -0.1) is 0 Å². The van der Waals surface area contributed by atoms with Crippen molar-refractivity contribution in [3.05, 3.63) is 98.2 Å². The van der Waals surface area contributed by atoms with Crippen molar-refractivity contribution in [1.29, 1.82) is 0 Å². The van der Waals surface area contributed by atoms with Crippen LogP contribution >= 0.6 is 23.2 Å². The van der Waals surface area contributed by atoms with Crippen molar-refractivity contribution in [3.8, 4) is 0 Å². The largest absolute Gasteiger partial charge is 0.350 e. The van der Waals surface area contributed by atoms with E-state index < -0.39 is 11.8 Å². The van der Waals surface area contributed by atoms with Gasteiger partial charge in [-0.1, -0.05) is 53.0 Å². The number of hydrogen-bond donors (Lipinski definition) is 1. The van der Waals surface area contributed by atoms with E-state index in [9.17, 15) is 9.59 Å². The second kappa shape index (κ2) is 8.45. The molecular weight excluding hydrogens is 443 g/mol. The number of nitrogens with one attached hydrogen (secondary N) is 1. The topological polar surface area (TPSA) is 49.4 Å². The maximum atomic E-state index is 13.6. The van der Waals surface area contributed by atoms with Gasteiger partial charge < -0.3 is 5.32 Å². The average molecular weight is 465 g/mol. The van der Waals surface area contributed by atoms with Crippen molar-refractivity contribution in [2.24, 2.45) is 0 Å². The number of carbonyl (C=O) groups is 2. The first-order chi connectivity index (χ1) is 15.2. The normalized spacial score (nSPS) is 13.9. The number of benzene rings is 3. The summed E-state index contributed by atoms with van der Waals surface area (Å²) in [6, 6.07) is 16.3. The molecule has 6 heteroatoms. The number of aryl methyl sites for hydroxylation is 4. The highest BCUT2D eigenvalue weighted by atomic mass is 35.5. The third kappa shape index (κ3) is 3.92. The molecular formula is C26H22Cl2N2O2. The monoisotopic (exact) mass is 464 g/mol. The van der Waals surface area contributed by atoms with Crippen molar-refractivity contribution in [3.63, 3.8) is 0 Å². The van der Waals surface area contributed by atoms with Gasteiger partial charge in [0.2, 0.25) is 0 Å². The zero-order valence-corrected chi connectivity index (χ0v) is 19.7. The molecule has 1 heterocycles. The molecule has 1 aliphatic rings. The van der Waals surface area contributed by atoms with Crippen molar-refractivity contribution in [2.75, 3.05) is 10.2 Å². The molecule has 0 saturated carbocycles. The molecule has 0 radical (unpaired) electrons. The first-order valence-corrected chi connectivity index (χ1v) is 10.9. The van der Waals surface area contributed by atoms with Crippen LogP contribution in [-0.4, -0.2) is 11.8 Å². The molecule has 0 bridgehead atoms. The molecule has 0 atom stereocenters. The summed E-state index contributed by atoms with van der Waals surface area (Å²) in [6.45, 7) is 7.69. The Balaban J connectivity index is 1.88. The standard InChI is InChI=1S/C26H22Cl2N2O2/c1-14-5-9-20(16(3)11-14)23-24(29-22-10-7-18(27)12-17(22)4)26(32)30(25(23)31)19-8-6-15(2)21(28)13-19/h5-13,29H,1-4H3. The van der Waals surface area contributed by atoms with Crippen molar-refractivity contribution in [1.82, 2.24) is 0 Å². The van der Waals surface area contributed by atoms with Crippen LogP contribution in [0.25, 0.3) is 5.57 Å². The molecule has 0 saturated heterocycles. The average Bonchev–Trinajstić information content (AvgIpc) is 2.96. The maximum absolute atomic E-state index is 13.6. The summed E-state index contributed by atoms with van der Waals surface area (Å²) < 4.78 is 0. The molecule has 32 heavy (non-hydrogen) atoms. The van der Waals surface area contributed by atoms with E-state index in [1.807, 2.05) is 45.9 Å². The fourth-order valence-corrected chi connectivity index (χ4v) is 4.25. The van der Waals surface area contributed by atoms with Gasteiger partial charge in [-0.05, 0) is 80.3 Å². The third-order valence-corrected chi connectivity index (χ3v) is 6.24. The maximum Gasteiger partial charge on any atom is 0.282 e. The summed E-state index contributed by atoms with van der Waals surface area (Å²) in [7, 11) is 0. The van der Waals surface area contributed by atoms with E-state index in [0.717, 1.165) is 22.3 Å². The first kappa shape index (κ1) is 22.1. The minimum absolute atomic E-state index is 0.226. The minimum atomic E-state index is -0.431. The van der Waals surface area contributed by atoms with Crippen LogP contribution in [-0.2, 0) is 9.59 Å². The van der Waals surface area contributed by atoms with Crippen LogP contribution in [0.2, 0.25) is 10.0 Å². The smallest absolute Gasteiger partial charge is 0.282 e. The van der Waals surface area contributed by atoms with Crippen molar-refractivity contribution in [2.45, 2.75) is 27.7 Å². The van der Waals surface area contributed by atoms with E-state index in [2.05, 4.69) is 5.32 Å². The Morgan fingerprint density at radius 1 is 0.750 bits per heavy atom. The Morgan fingerprint density at radius 2 is 1.50 bits per heavy atom. The van der Waals surface area contributed by atoms with Gasteiger partial charge in [-0.2, -0.15) is 0 Å². The quantitative estimate of drug-likeness (QED) is 0.441. The fourth-order valence-electron chi connectivity index (χ4n) is 3.85. The fraction of sp³-hybridized carbons (Fsp3) is 0.154. The Morgan fingerprint density at radius 3 is 2.16 bits per heavy atom. The molecule has 1 aliphatic heterocycles. The number of halogens is 2. The van der Waals surface area contributed by atoms with E-state index in [-0.39, 0.29) is 5.70 Å². The predicted molar refractivity (Wildman–Crippen MR) is 131 cm³/mol. The highest BCUT2D eigenvalue weighted by Crippen LogP contribution is 2.37. The van der Waals surface area contributed by atoms with Crippen LogP contribution in [0.3, 0.4) is 0 Å². The number of hydrogen-bond acceptors (Lipinski definition) is 3. The Kier molecular flexibility index (Phi) is 5.85. The lowest BCUT2D eigenvalue weighted by Gasteiger charge is -2.17. The van der Waals surface area contributed by atoms with E-state index in [1.54, 1.807) is 36.4 Å². The lowest BCUT2D eigenvalue weighted by Crippen LogP contribution is -2.32. The zero-order valence-electron chi connectivity index (χ0n) is 18.2. The van der Waals surface area contributed by atoms with E-state index in [4.69, 9.17) is 23.2 Å². The SMILES string of the molecule is Cc1ccc(C2=C(Nc3ccc(Cl)cc3C)C(=O)N(c3ccc(C)c(Cl)c3)C2=O)c(C)c1. The van der Waals surface area contributed by atoms with Gasteiger partial charge in [0, 0.05) is 15.7 Å². The molecule has 0 unspecified atom stereocenters. The Labute approximate surface area is 197 Å². The minimum Gasteiger partial charge on any atom is -0.350 e. The number of carbonyl (C=O) groups excluding carboxylic acids is 2. The molecule has 0 spiro atoms. The molecule has 3 aromatic carbocycles. The molecule has 3 aromatic rings. The molecule has 0 aromatic heterocycles. The summed E-state index contributed by atoms with van der Waals surface area (Å²) in [5.41, 5.74) is 6.13. The molecule has 0 aliphatic carbocycles. The van der Waals surface area contributed by atoms with Gasteiger partial charge in [-0.25, -0.2) is 4.90 Å². The molecule has 4 nitrogen and oxygen atoms in total. The summed E-state index contributed by atoms with van der Waals surface area (Å²) >= 11 is 12.4. The summed E-state index contributed by atoms with van der Waals surface area (Å²) in [6.07, 6.45) is 0. The van der Waals surface area contributed by atoms with Gasteiger partial charge in [0.05, 0.1) is 11.3 Å². The summed E-state index contributed by atoms with van der Waals surface area (Å²) in [4.78, 5) is 28.4. The summed E-state index contributed by atoms with van der Waals surface area (Å²) in [5, 5.41) is 4.30. The van der Waals surface area contributed by atoms with Crippen LogP contribution in [0.4, 0.5) is 11.4 Å². The molecule has 162 valence electrons. The number of nitrogens with zero attached hydrogens (tertiary/aromatic N) is 1. The molecule has 1 N–H and O–H groups in total. The lowest BCUT2D eigenvalue weighted by atomic mass is 9.97. The third-order valence-electron chi connectivity index (χ3n) is 5.60. The zero-order chi connectivity index (χ0) is 23.2. The highest BCUT2D eigenvalue weighted by molar-refractivity contribution is 6.46. The number of amides is 2. The van der Waals surface area contributed by atoms with Gasteiger partial charge in [-0.3, -0.25) is 9.59 Å². The highest BCUT2D eigenvalue weighted by Gasteiger charge is 2.41. The predicted octanol–water partition coefficient (Wildman–Crippen LogP) is 6.62. The molecule has 2 amide bonds. The van der Waals surface area contributed by atoms with E-state index in [1.165, 1.54) is 4.90 Å². The van der Waals surface area contributed by atoms with Crippen LogP contribution in [0.1, 0.15) is 27.8 Å². The van der Waals surface area contributed by atoms with Gasteiger partial charge in [0.25, 0.3) is 11.8 Å². The molecule has 0 fully saturated rings. The van der Waals surface area contributed by atoms with E-state index in [0.29, 0.717) is 32.6 Å². The number of anilines is 2.